The van der Waals surface area contributed by atoms with E-state index >= 15 is 0 Å². The van der Waals surface area contributed by atoms with Gasteiger partial charge in [0, 0.05) is 38.0 Å². The van der Waals surface area contributed by atoms with Crippen LogP contribution < -0.4 is 4.74 Å². The van der Waals surface area contributed by atoms with Gasteiger partial charge in [-0.2, -0.15) is 0 Å². The third kappa shape index (κ3) is 4.28. The van der Waals surface area contributed by atoms with Crippen LogP contribution in [-0.2, 0) is 0 Å². The van der Waals surface area contributed by atoms with E-state index in [0.29, 0.717) is 0 Å². The minimum absolute atomic E-state index is 0.813. The van der Waals surface area contributed by atoms with Crippen molar-refractivity contribution in [1.29, 1.82) is 0 Å². The Morgan fingerprint density at radius 1 is 0.288 bits per heavy atom. The van der Waals surface area contributed by atoms with Crippen molar-refractivity contribution in [2.75, 3.05) is 0 Å². The molecular weight excluding hydrogens is 635 g/mol. The third-order valence-electron chi connectivity index (χ3n) is 10.5. The summed E-state index contributed by atoms with van der Waals surface area (Å²) in [7, 11) is 0. The van der Waals surface area contributed by atoms with Gasteiger partial charge >= 0.3 is 0 Å². The van der Waals surface area contributed by atoms with E-state index in [9.17, 15) is 0 Å². The van der Waals surface area contributed by atoms with Crippen molar-refractivity contribution in [3.63, 3.8) is 0 Å². The first kappa shape index (κ1) is 28.8. The Balaban J connectivity index is 1.06. The fraction of sp³-hybridized carbons (Fsp3) is 0. The molecule has 0 radical (unpaired) electrons. The van der Waals surface area contributed by atoms with E-state index in [1.54, 1.807) is 0 Å². The van der Waals surface area contributed by atoms with Crippen LogP contribution in [0.2, 0.25) is 0 Å². The number of hydrogen-bond donors (Lipinski definition) is 0. The second-order valence-electron chi connectivity index (χ2n) is 13.4. The second kappa shape index (κ2) is 11.2. The fourth-order valence-corrected chi connectivity index (χ4v) is 8.18. The number of aromatic nitrogens is 3. The van der Waals surface area contributed by atoms with Gasteiger partial charge in [0.25, 0.3) is 0 Å². The monoisotopic (exact) mass is 665 g/mol. The minimum Gasteiger partial charge on any atom is -0.457 e. The molecule has 52 heavy (non-hydrogen) atoms. The van der Waals surface area contributed by atoms with E-state index < -0.39 is 0 Å². The van der Waals surface area contributed by atoms with Crippen LogP contribution >= 0.6 is 0 Å². The predicted molar refractivity (Wildman–Crippen MR) is 216 cm³/mol. The van der Waals surface area contributed by atoms with Crippen molar-refractivity contribution in [3.8, 4) is 28.3 Å². The van der Waals surface area contributed by atoms with Crippen molar-refractivity contribution in [1.82, 2.24) is 13.9 Å². The largest absolute Gasteiger partial charge is 0.457 e. The number of benzene rings is 8. The fourth-order valence-electron chi connectivity index (χ4n) is 8.18. The van der Waals surface area contributed by atoms with Crippen LogP contribution in [0.5, 0.6) is 11.5 Å². The smallest absolute Gasteiger partial charge is 0.127 e. The Morgan fingerprint density at radius 3 is 1.25 bits per heavy atom. The number of nitrogens with zero attached hydrogens (tertiary/aromatic N) is 3. The van der Waals surface area contributed by atoms with Crippen LogP contribution in [0.15, 0.2) is 188 Å². The number of fused-ring (bicyclic) bond motifs is 9. The molecule has 3 aromatic heterocycles. The first-order chi connectivity index (χ1) is 25.8. The lowest BCUT2D eigenvalue weighted by Crippen LogP contribution is -2.08. The average molecular weight is 666 g/mol. The van der Waals surface area contributed by atoms with E-state index in [4.69, 9.17) is 4.74 Å². The molecule has 8 aromatic carbocycles. The highest BCUT2D eigenvalue weighted by Gasteiger charge is 2.19. The lowest BCUT2D eigenvalue weighted by molar-refractivity contribution is 0.482. The molecule has 4 heteroatoms. The molecule has 0 aliphatic heterocycles. The maximum absolute atomic E-state index is 6.10. The second-order valence-corrected chi connectivity index (χ2v) is 13.4. The van der Waals surface area contributed by atoms with Crippen LogP contribution in [0.4, 0.5) is 0 Å². The van der Waals surface area contributed by atoms with Crippen LogP contribution in [0.1, 0.15) is 0 Å². The predicted octanol–water partition coefficient (Wildman–Crippen LogP) is 12.8. The van der Waals surface area contributed by atoms with E-state index in [0.717, 1.165) is 17.2 Å². The van der Waals surface area contributed by atoms with Gasteiger partial charge in [-0.05, 0) is 96.1 Å². The van der Waals surface area contributed by atoms with Crippen molar-refractivity contribution in [2.45, 2.75) is 0 Å². The van der Waals surface area contributed by atoms with Crippen molar-refractivity contribution in [2.24, 2.45) is 0 Å². The molecule has 0 aliphatic carbocycles. The van der Waals surface area contributed by atoms with Crippen LogP contribution in [0.3, 0.4) is 0 Å². The summed E-state index contributed by atoms with van der Waals surface area (Å²) in [6.07, 6.45) is 0. The van der Waals surface area contributed by atoms with Crippen LogP contribution in [-0.4, -0.2) is 13.9 Å². The van der Waals surface area contributed by atoms with E-state index in [2.05, 4.69) is 160 Å². The third-order valence-corrected chi connectivity index (χ3v) is 10.5. The van der Waals surface area contributed by atoms with Gasteiger partial charge < -0.3 is 9.30 Å². The molecule has 0 saturated heterocycles. The number of ether oxygens (including phenoxy) is 1. The van der Waals surface area contributed by atoms with Crippen molar-refractivity contribution >= 4 is 65.4 Å². The summed E-state index contributed by atoms with van der Waals surface area (Å²) in [5.74, 6) is 1.64. The Morgan fingerprint density at radius 2 is 0.673 bits per heavy atom. The molecule has 0 atom stereocenters. The van der Waals surface area contributed by atoms with E-state index in [1.807, 2.05) is 42.5 Å². The van der Waals surface area contributed by atoms with Gasteiger partial charge in [-0.1, -0.05) is 103 Å². The van der Waals surface area contributed by atoms with Gasteiger partial charge in [-0.25, -0.2) is 9.35 Å². The lowest BCUT2D eigenvalue weighted by Gasteiger charge is -2.13. The number of hydrogen-bond acceptors (Lipinski definition) is 1. The van der Waals surface area contributed by atoms with Gasteiger partial charge in [-0.15, -0.1) is 0 Å². The SMILES string of the molecule is c1ccc(Oc2ccc(-n3c4ccccc4c4cc(-c5ccc6c(c5)c5ccccc5n6-n5c6ccccc6c6ccccc65)ccc43)cc2)cc1. The van der Waals surface area contributed by atoms with Gasteiger partial charge in [-0.3, -0.25) is 0 Å². The summed E-state index contributed by atoms with van der Waals surface area (Å²) >= 11 is 0. The maximum Gasteiger partial charge on any atom is 0.127 e. The Bertz CT molecular complexity index is 3090. The maximum atomic E-state index is 6.10. The van der Waals surface area contributed by atoms with Crippen LogP contribution in [0, 0.1) is 0 Å². The lowest BCUT2D eigenvalue weighted by atomic mass is 10.0. The quantitative estimate of drug-likeness (QED) is 0.179. The molecule has 0 saturated carbocycles. The normalized spacial score (nSPS) is 11.8. The van der Waals surface area contributed by atoms with Crippen molar-refractivity contribution < 1.29 is 4.74 Å². The molecule has 0 N–H and O–H groups in total. The van der Waals surface area contributed by atoms with Gasteiger partial charge in [0.15, 0.2) is 0 Å². The first-order valence-corrected chi connectivity index (χ1v) is 17.7. The zero-order valence-electron chi connectivity index (χ0n) is 28.1. The molecule has 3 heterocycles. The molecule has 11 aromatic rings. The minimum atomic E-state index is 0.813. The van der Waals surface area contributed by atoms with Gasteiger partial charge in [0.2, 0.25) is 0 Å². The molecule has 244 valence electrons. The summed E-state index contributed by atoms with van der Waals surface area (Å²) in [5, 5.41) is 7.43. The Hall–Kier alpha value is -7.04. The zero-order valence-corrected chi connectivity index (χ0v) is 28.1. The summed E-state index contributed by atoms with van der Waals surface area (Å²) in [5.41, 5.74) is 10.6. The molecule has 0 bridgehead atoms. The number of para-hydroxylation sites is 5. The summed E-state index contributed by atoms with van der Waals surface area (Å²) in [6.45, 7) is 0. The van der Waals surface area contributed by atoms with E-state index in [1.165, 1.54) is 76.5 Å². The average Bonchev–Trinajstić information content (AvgIpc) is 3.83. The molecule has 0 spiro atoms. The molecule has 11 rings (SSSR count). The van der Waals surface area contributed by atoms with Gasteiger partial charge in [0.05, 0.1) is 33.1 Å². The topological polar surface area (TPSA) is 24.0 Å². The highest BCUT2D eigenvalue weighted by molar-refractivity contribution is 6.13. The molecule has 4 nitrogen and oxygen atoms in total. The highest BCUT2D eigenvalue weighted by Crippen LogP contribution is 2.39. The van der Waals surface area contributed by atoms with Crippen molar-refractivity contribution in [3.05, 3.63) is 188 Å². The Labute approximate surface area is 299 Å². The molecule has 0 amide bonds. The molecule has 0 aliphatic rings. The summed E-state index contributed by atoms with van der Waals surface area (Å²) < 4.78 is 13.2. The summed E-state index contributed by atoms with van der Waals surface area (Å²) in [4.78, 5) is 0. The summed E-state index contributed by atoms with van der Waals surface area (Å²) in [6, 6.07) is 67.0. The van der Waals surface area contributed by atoms with Gasteiger partial charge in [0.1, 0.15) is 11.5 Å². The molecule has 0 fully saturated rings. The number of rotatable bonds is 5. The molecular formula is C48H31N3O. The standard InChI is InChI=1S/C48H31N3O/c1-2-12-35(13-3-1)52-36-26-24-34(25-27-36)49-43-18-8-4-16-39(43)41-30-32(22-28-44(41)49)33-23-29-48-42(31-33)40-17-7-11-21-47(40)51(48)50-45-19-9-5-14-37(45)38-15-6-10-20-46(38)50/h1-31H. The van der Waals surface area contributed by atoms with E-state index in [-0.39, 0.29) is 0 Å². The van der Waals surface area contributed by atoms with Crippen LogP contribution in [0.25, 0.3) is 82.2 Å². The zero-order chi connectivity index (χ0) is 34.2. The Kier molecular flexibility index (Phi) is 6.22. The molecule has 0 unspecified atom stereocenters. The first-order valence-electron chi connectivity index (χ1n) is 17.7. The highest BCUT2D eigenvalue weighted by atomic mass is 16.5.